The third-order valence-electron chi connectivity index (χ3n) is 2.99. The van der Waals surface area contributed by atoms with Crippen LogP contribution in [0.25, 0.3) is 0 Å². The van der Waals surface area contributed by atoms with E-state index in [0.717, 1.165) is 12.0 Å². The number of nitrogens with one attached hydrogen (secondary N) is 1. The molecule has 6 heteroatoms. The third kappa shape index (κ3) is 4.91. The van der Waals surface area contributed by atoms with Gasteiger partial charge in [-0.25, -0.2) is 4.79 Å². The number of benzene rings is 1. The van der Waals surface area contributed by atoms with Crippen molar-refractivity contribution in [3.05, 3.63) is 35.4 Å². The zero-order valence-electron chi connectivity index (χ0n) is 12.3. The molecule has 0 aliphatic rings. The Labute approximate surface area is 123 Å². The number of rotatable bonds is 6. The molecule has 0 fully saturated rings. The highest BCUT2D eigenvalue weighted by Gasteiger charge is 2.25. The highest BCUT2D eigenvalue weighted by Crippen LogP contribution is 2.07. The molecule has 1 aromatic carbocycles. The van der Waals surface area contributed by atoms with Crippen LogP contribution in [0, 0.1) is 0 Å². The second-order valence-corrected chi connectivity index (χ2v) is 4.38. The van der Waals surface area contributed by atoms with Crippen LogP contribution in [-0.2, 0) is 25.5 Å². The number of carbonyl (C=O) groups is 3. The van der Waals surface area contributed by atoms with Gasteiger partial charge in [0.15, 0.2) is 0 Å². The number of methoxy groups -OCH3 is 2. The average molecular weight is 293 g/mol. The summed E-state index contributed by atoms with van der Waals surface area (Å²) in [6.45, 7) is 1.98. The number of hydrogen-bond donors (Lipinski definition) is 1. The van der Waals surface area contributed by atoms with Crippen molar-refractivity contribution in [3.63, 3.8) is 0 Å². The Morgan fingerprint density at radius 1 is 1.19 bits per heavy atom. The van der Waals surface area contributed by atoms with Crippen LogP contribution in [0.15, 0.2) is 24.3 Å². The van der Waals surface area contributed by atoms with Gasteiger partial charge in [-0.1, -0.05) is 19.1 Å². The maximum Gasteiger partial charge on any atom is 0.328 e. The van der Waals surface area contributed by atoms with Gasteiger partial charge in [-0.2, -0.15) is 0 Å². The molecule has 114 valence electrons. The van der Waals surface area contributed by atoms with E-state index in [1.165, 1.54) is 14.2 Å². The molecule has 0 saturated carbocycles. The number of carbonyl (C=O) groups excluding carboxylic acids is 3. The summed E-state index contributed by atoms with van der Waals surface area (Å²) < 4.78 is 9.08. The van der Waals surface area contributed by atoms with Crippen molar-refractivity contribution in [2.45, 2.75) is 25.8 Å². The summed E-state index contributed by atoms with van der Waals surface area (Å²) in [7, 11) is 2.40. The standard InChI is InChI=1S/C15H19NO5/c1-4-10-6-5-7-11(8-10)14(18)16-12(15(19)21-3)9-13(17)20-2/h5-8,12H,4,9H2,1-3H3,(H,16,18). The zero-order valence-corrected chi connectivity index (χ0v) is 12.3. The fraction of sp³-hybridized carbons (Fsp3) is 0.400. The fourth-order valence-corrected chi connectivity index (χ4v) is 1.76. The summed E-state index contributed by atoms with van der Waals surface area (Å²) in [6.07, 6.45) is 0.520. The molecule has 0 aliphatic heterocycles. The van der Waals surface area contributed by atoms with Crippen molar-refractivity contribution in [1.29, 1.82) is 0 Å². The topological polar surface area (TPSA) is 81.7 Å². The first-order valence-corrected chi connectivity index (χ1v) is 6.56. The second kappa shape index (κ2) is 8.04. The van der Waals surface area contributed by atoms with E-state index in [9.17, 15) is 14.4 Å². The molecule has 1 rings (SSSR count). The van der Waals surface area contributed by atoms with E-state index in [4.69, 9.17) is 0 Å². The van der Waals surface area contributed by atoms with Crippen molar-refractivity contribution in [2.24, 2.45) is 0 Å². The minimum Gasteiger partial charge on any atom is -0.469 e. The van der Waals surface area contributed by atoms with Gasteiger partial charge < -0.3 is 14.8 Å². The van der Waals surface area contributed by atoms with E-state index >= 15 is 0 Å². The Bertz CT molecular complexity index is 527. The molecule has 1 amide bonds. The van der Waals surface area contributed by atoms with E-state index in [1.54, 1.807) is 18.2 Å². The molecule has 0 saturated heterocycles. The SMILES string of the molecule is CCc1cccc(C(=O)NC(CC(=O)OC)C(=O)OC)c1. The van der Waals surface area contributed by atoms with Gasteiger partial charge in [0, 0.05) is 5.56 Å². The molecule has 0 spiro atoms. The van der Waals surface area contributed by atoms with Crippen LogP contribution in [0.5, 0.6) is 0 Å². The van der Waals surface area contributed by atoms with Crippen molar-refractivity contribution in [2.75, 3.05) is 14.2 Å². The predicted octanol–water partition coefficient (Wildman–Crippen LogP) is 1.08. The highest BCUT2D eigenvalue weighted by molar-refractivity contribution is 5.97. The number of amides is 1. The Kier molecular flexibility index (Phi) is 6.39. The summed E-state index contributed by atoms with van der Waals surface area (Å²) in [4.78, 5) is 35.0. The quantitative estimate of drug-likeness (QED) is 0.794. The van der Waals surface area contributed by atoms with Crippen molar-refractivity contribution < 1.29 is 23.9 Å². The molecule has 6 nitrogen and oxygen atoms in total. The van der Waals surface area contributed by atoms with E-state index in [2.05, 4.69) is 14.8 Å². The molecular formula is C15H19NO5. The molecular weight excluding hydrogens is 274 g/mol. The molecule has 1 aromatic rings. The summed E-state index contributed by atoms with van der Waals surface area (Å²) in [6, 6.07) is 5.98. The molecule has 21 heavy (non-hydrogen) atoms. The first-order chi connectivity index (χ1) is 10.0. The van der Waals surface area contributed by atoms with Gasteiger partial charge in [0.1, 0.15) is 6.04 Å². The highest BCUT2D eigenvalue weighted by atomic mass is 16.5. The minimum atomic E-state index is -1.07. The summed E-state index contributed by atoms with van der Waals surface area (Å²) >= 11 is 0. The Balaban J connectivity index is 2.83. The van der Waals surface area contributed by atoms with Gasteiger partial charge in [-0.3, -0.25) is 9.59 Å². The number of aryl methyl sites for hydroxylation is 1. The fourth-order valence-electron chi connectivity index (χ4n) is 1.76. The normalized spacial score (nSPS) is 11.4. The zero-order chi connectivity index (χ0) is 15.8. The second-order valence-electron chi connectivity index (χ2n) is 4.38. The van der Waals surface area contributed by atoms with Crippen molar-refractivity contribution in [1.82, 2.24) is 5.32 Å². The third-order valence-corrected chi connectivity index (χ3v) is 2.99. The van der Waals surface area contributed by atoms with Gasteiger partial charge in [0.25, 0.3) is 5.91 Å². The van der Waals surface area contributed by atoms with Crippen LogP contribution in [0.2, 0.25) is 0 Å². The maximum atomic E-state index is 12.1. The van der Waals surface area contributed by atoms with Crippen LogP contribution in [0.4, 0.5) is 0 Å². The lowest BCUT2D eigenvalue weighted by Crippen LogP contribution is -2.43. The lowest BCUT2D eigenvalue weighted by Gasteiger charge is -2.15. The molecule has 0 heterocycles. The molecule has 1 N–H and O–H groups in total. The van der Waals surface area contributed by atoms with Crippen molar-refractivity contribution >= 4 is 17.8 Å². The molecule has 1 unspecified atom stereocenters. The first-order valence-electron chi connectivity index (χ1n) is 6.56. The van der Waals surface area contributed by atoms with Crippen LogP contribution >= 0.6 is 0 Å². The van der Waals surface area contributed by atoms with Gasteiger partial charge in [-0.15, -0.1) is 0 Å². The van der Waals surface area contributed by atoms with E-state index in [1.807, 2.05) is 13.0 Å². The minimum absolute atomic E-state index is 0.275. The van der Waals surface area contributed by atoms with Gasteiger partial charge in [0.05, 0.1) is 20.6 Å². The monoisotopic (exact) mass is 293 g/mol. The lowest BCUT2D eigenvalue weighted by atomic mass is 10.1. The lowest BCUT2D eigenvalue weighted by molar-refractivity contribution is -0.149. The number of ether oxygens (including phenoxy) is 2. The van der Waals surface area contributed by atoms with Crippen LogP contribution in [0.3, 0.4) is 0 Å². The molecule has 0 aliphatic carbocycles. The molecule has 1 atom stereocenters. The number of hydrogen-bond acceptors (Lipinski definition) is 5. The smallest absolute Gasteiger partial charge is 0.328 e. The predicted molar refractivity (Wildman–Crippen MR) is 75.7 cm³/mol. The van der Waals surface area contributed by atoms with Crippen molar-refractivity contribution in [3.8, 4) is 0 Å². The molecule has 0 aromatic heterocycles. The van der Waals surface area contributed by atoms with Gasteiger partial charge >= 0.3 is 11.9 Å². The Hall–Kier alpha value is -2.37. The Morgan fingerprint density at radius 3 is 2.48 bits per heavy atom. The summed E-state index contributed by atoms with van der Waals surface area (Å²) in [5.41, 5.74) is 1.43. The van der Waals surface area contributed by atoms with Gasteiger partial charge in [0.2, 0.25) is 0 Å². The van der Waals surface area contributed by atoms with E-state index < -0.39 is 23.9 Å². The molecule has 0 radical (unpaired) electrons. The van der Waals surface area contributed by atoms with Crippen LogP contribution in [-0.4, -0.2) is 38.1 Å². The van der Waals surface area contributed by atoms with E-state index in [0.29, 0.717) is 5.56 Å². The van der Waals surface area contributed by atoms with Gasteiger partial charge in [-0.05, 0) is 24.1 Å². The largest absolute Gasteiger partial charge is 0.469 e. The molecule has 0 bridgehead atoms. The Morgan fingerprint density at radius 2 is 1.90 bits per heavy atom. The van der Waals surface area contributed by atoms with Crippen LogP contribution < -0.4 is 5.32 Å². The first kappa shape index (κ1) is 16.7. The summed E-state index contributed by atoms with van der Waals surface area (Å²) in [5, 5.41) is 2.49. The van der Waals surface area contributed by atoms with E-state index in [-0.39, 0.29) is 6.42 Å². The number of esters is 2. The average Bonchev–Trinajstić information content (AvgIpc) is 2.53. The summed E-state index contributed by atoms with van der Waals surface area (Å²) in [5.74, 6) is -1.74. The maximum absolute atomic E-state index is 12.1. The van der Waals surface area contributed by atoms with Crippen LogP contribution in [0.1, 0.15) is 29.3 Å².